The minimum Gasteiger partial charge on any atom is -0.399 e. The summed E-state index contributed by atoms with van der Waals surface area (Å²) in [6, 6.07) is 19.8. The summed E-state index contributed by atoms with van der Waals surface area (Å²) < 4.78 is 0. The number of hydrogen-bond donors (Lipinski definition) is 1. The van der Waals surface area contributed by atoms with Crippen LogP contribution in [0, 0.1) is 6.92 Å². The van der Waals surface area contributed by atoms with Gasteiger partial charge in [0.1, 0.15) is 5.69 Å². The number of pyridine rings is 1. The molecule has 0 radical (unpaired) electrons. The molecule has 0 aliphatic carbocycles. The first-order valence-electron chi connectivity index (χ1n) is 7.76. The van der Waals surface area contributed by atoms with E-state index in [1.807, 2.05) is 42.5 Å². The number of hydrogen-bond acceptors (Lipinski definition) is 4. The van der Waals surface area contributed by atoms with Crippen molar-refractivity contribution in [2.24, 2.45) is 0 Å². The van der Waals surface area contributed by atoms with Gasteiger partial charge in [-0.05, 0) is 36.8 Å². The van der Waals surface area contributed by atoms with Crippen molar-refractivity contribution in [3.05, 3.63) is 72.4 Å². The molecule has 2 aromatic carbocycles. The number of nitrogens with zero attached hydrogens (tertiary/aromatic N) is 3. The first-order chi connectivity index (χ1) is 11.7. The summed E-state index contributed by atoms with van der Waals surface area (Å²) in [4.78, 5) is 13.9. The zero-order valence-corrected chi connectivity index (χ0v) is 13.3. The van der Waals surface area contributed by atoms with E-state index in [-0.39, 0.29) is 0 Å². The van der Waals surface area contributed by atoms with E-state index in [1.54, 1.807) is 6.20 Å². The maximum absolute atomic E-state index is 5.81. The molecule has 2 N–H and O–H groups in total. The van der Waals surface area contributed by atoms with E-state index in [9.17, 15) is 0 Å². The largest absolute Gasteiger partial charge is 0.399 e. The van der Waals surface area contributed by atoms with E-state index in [1.165, 1.54) is 0 Å². The summed E-state index contributed by atoms with van der Waals surface area (Å²) in [7, 11) is 0. The summed E-state index contributed by atoms with van der Waals surface area (Å²) in [5, 5.41) is 0.925. The fourth-order valence-corrected chi connectivity index (χ4v) is 2.72. The number of aromatic nitrogens is 3. The Labute approximate surface area is 140 Å². The van der Waals surface area contributed by atoms with Gasteiger partial charge in [-0.3, -0.25) is 0 Å². The second kappa shape index (κ2) is 5.74. The summed E-state index contributed by atoms with van der Waals surface area (Å²) in [6.45, 7) is 2.06. The molecule has 0 bridgehead atoms. The highest BCUT2D eigenvalue weighted by Crippen LogP contribution is 2.25. The molecule has 0 aliphatic rings. The van der Waals surface area contributed by atoms with Gasteiger partial charge in [-0.25, -0.2) is 15.0 Å². The van der Waals surface area contributed by atoms with E-state index in [0.717, 1.165) is 33.4 Å². The minimum atomic E-state index is 0.615. The van der Waals surface area contributed by atoms with Gasteiger partial charge in [-0.2, -0.15) is 0 Å². The molecule has 0 unspecified atom stereocenters. The van der Waals surface area contributed by atoms with Crippen molar-refractivity contribution in [2.45, 2.75) is 6.92 Å². The van der Waals surface area contributed by atoms with Crippen molar-refractivity contribution >= 4 is 16.6 Å². The molecule has 0 saturated carbocycles. The first-order valence-corrected chi connectivity index (χ1v) is 7.76. The number of aryl methyl sites for hydroxylation is 1. The number of nitrogen functional groups attached to an aromatic ring is 1. The maximum Gasteiger partial charge on any atom is 0.178 e. The fourth-order valence-electron chi connectivity index (χ4n) is 2.72. The summed E-state index contributed by atoms with van der Waals surface area (Å²) in [6.07, 6.45) is 1.79. The molecule has 0 atom stereocenters. The quantitative estimate of drug-likeness (QED) is 0.562. The minimum absolute atomic E-state index is 0.615. The lowest BCUT2D eigenvalue weighted by molar-refractivity contribution is 1.17. The molecule has 4 heteroatoms. The smallest absolute Gasteiger partial charge is 0.178 e. The Hall–Kier alpha value is -3.27. The lowest BCUT2D eigenvalue weighted by Gasteiger charge is -2.08. The van der Waals surface area contributed by atoms with Gasteiger partial charge in [-0.1, -0.05) is 36.4 Å². The topological polar surface area (TPSA) is 64.7 Å². The number of benzene rings is 2. The Morgan fingerprint density at radius 2 is 1.71 bits per heavy atom. The molecule has 0 aliphatic heterocycles. The van der Waals surface area contributed by atoms with Crippen molar-refractivity contribution in [1.82, 2.24) is 15.0 Å². The van der Waals surface area contributed by atoms with Crippen molar-refractivity contribution in [2.75, 3.05) is 5.73 Å². The number of nitrogens with two attached hydrogens (primary N) is 1. The summed E-state index contributed by atoms with van der Waals surface area (Å²) in [5.74, 6) is 0.615. The van der Waals surface area contributed by atoms with Gasteiger partial charge >= 0.3 is 0 Å². The van der Waals surface area contributed by atoms with E-state index in [2.05, 4.69) is 35.1 Å². The Bertz CT molecular complexity index is 1030. The van der Waals surface area contributed by atoms with E-state index in [4.69, 9.17) is 10.7 Å². The van der Waals surface area contributed by atoms with Crippen LogP contribution in [0.5, 0.6) is 0 Å². The standard InChI is InChI=1S/C20H16N4/c1-13-7-9-18(23-19(13)14-5-3-2-4-6-14)20-22-12-15-11-16(21)8-10-17(15)24-20/h2-12H,21H2,1H3. The van der Waals surface area contributed by atoms with Gasteiger partial charge in [0.2, 0.25) is 0 Å². The van der Waals surface area contributed by atoms with Crippen LogP contribution < -0.4 is 5.73 Å². The predicted molar refractivity (Wildman–Crippen MR) is 97.4 cm³/mol. The SMILES string of the molecule is Cc1ccc(-c2ncc3cc(N)ccc3n2)nc1-c1ccccc1. The molecule has 0 fully saturated rings. The zero-order chi connectivity index (χ0) is 16.5. The number of fused-ring (bicyclic) bond motifs is 1. The highest BCUT2D eigenvalue weighted by molar-refractivity contribution is 5.82. The van der Waals surface area contributed by atoms with Gasteiger partial charge in [0.05, 0.1) is 11.2 Å². The van der Waals surface area contributed by atoms with E-state index >= 15 is 0 Å². The van der Waals surface area contributed by atoms with Crippen LogP contribution in [0.2, 0.25) is 0 Å². The Morgan fingerprint density at radius 1 is 0.875 bits per heavy atom. The Kier molecular flexibility index (Phi) is 3.43. The maximum atomic E-state index is 5.81. The average molecular weight is 312 g/mol. The Balaban J connectivity index is 1.84. The van der Waals surface area contributed by atoms with Crippen LogP contribution in [0.15, 0.2) is 66.9 Å². The molecule has 4 nitrogen and oxygen atoms in total. The fraction of sp³-hybridized carbons (Fsp3) is 0.0500. The zero-order valence-electron chi connectivity index (χ0n) is 13.3. The van der Waals surface area contributed by atoms with Crippen molar-refractivity contribution < 1.29 is 0 Å². The number of rotatable bonds is 2. The molecule has 0 saturated heterocycles. The molecule has 0 amide bonds. The average Bonchev–Trinajstić information content (AvgIpc) is 2.62. The molecule has 2 heterocycles. The molecule has 4 rings (SSSR count). The molecular weight excluding hydrogens is 296 g/mol. The molecule has 2 aromatic heterocycles. The molecule has 116 valence electrons. The van der Waals surface area contributed by atoms with Crippen molar-refractivity contribution in [3.8, 4) is 22.8 Å². The van der Waals surface area contributed by atoms with Crippen molar-refractivity contribution in [3.63, 3.8) is 0 Å². The molecular formula is C20H16N4. The summed E-state index contributed by atoms with van der Waals surface area (Å²) >= 11 is 0. The van der Waals surface area contributed by atoms with Gasteiger partial charge in [0.25, 0.3) is 0 Å². The monoisotopic (exact) mass is 312 g/mol. The Morgan fingerprint density at radius 3 is 2.54 bits per heavy atom. The second-order valence-corrected chi connectivity index (χ2v) is 5.74. The number of anilines is 1. The van der Waals surface area contributed by atoms with Gasteiger partial charge in [0, 0.05) is 22.8 Å². The normalized spacial score (nSPS) is 10.9. The lowest BCUT2D eigenvalue weighted by Crippen LogP contribution is -1.96. The predicted octanol–water partition coefficient (Wildman–Crippen LogP) is 4.25. The molecule has 4 aromatic rings. The lowest BCUT2D eigenvalue weighted by atomic mass is 10.1. The van der Waals surface area contributed by atoms with Gasteiger partial charge < -0.3 is 5.73 Å². The third kappa shape index (κ3) is 2.58. The van der Waals surface area contributed by atoms with Gasteiger partial charge in [-0.15, -0.1) is 0 Å². The van der Waals surface area contributed by atoms with Crippen LogP contribution in [0.3, 0.4) is 0 Å². The highest BCUT2D eigenvalue weighted by atomic mass is 14.9. The second-order valence-electron chi connectivity index (χ2n) is 5.74. The van der Waals surface area contributed by atoms with E-state index < -0.39 is 0 Å². The molecule has 0 spiro atoms. The van der Waals surface area contributed by atoms with Crippen LogP contribution in [-0.2, 0) is 0 Å². The third-order valence-electron chi connectivity index (χ3n) is 3.98. The third-order valence-corrected chi connectivity index (χ3v) is 3.98. The van der Waals surface area contributed by atoms with Crippen LogP contribution in [-0.4, -0.2) is 15.0 Å². The van der Waals surface area contributed by atoms with E-state index in [0.29, 0.717) is 11.5 Å². The van der Waals surface area contributed by atoms with Crippen LogP contribution in [0.4, 0.5) is 5.69 Å². The van der Waals surface area contributed by atoms with Crippen LogP contribution in [0.1, 0.15) is 5.56 Å². The molecule has 24 heavy (non-hydrogen) atoms. The van der Waals surface area contributed by atoms with Gasteiger partial charge in [0.15, 0.2) is 5.82 Å². The highest BCUT2D eigenvalue weighted by Gasteiger charge is 2.09. The van der Waals surface area contributed by atoms with Crippen LogP contribution in [0.25, 0.3) is 33.7 Å². The van der Waals surface area contributed by atoms with Crippen LogP contribution >= 0.6 is 0 Å². The van der Waals surface area contributed by atoms with Crippen molar-refractivity contribution in [1.29, 1.82) is 0 Å². The first kappa shape index (κ1) is 14.3. The summed E-state index contributed by atoms with van der Waals surface area (Å²) in [5.41, 5.74) is 11.3.